The Morgan fingerprint density at radius 1 is 0.747 bits per heavy atom. The Morgan fingerprint density at radius 2 is 1.35 bits per heavy atom. The van der Waals surface area contributed by atoms with E-state index in [4.69, 9.17) is 9.47 Å². The second-order valence-corrected chi connectivity index (χ2v) is 24.2. The molecule has 0 radical (unpaired) electrons. The third-order valence-electron chi connectivity index (χ3n) is 16.1. The highest BCUT2D eigenvalue weighted by atomic mass is 127. The number of likely N-dealkylation sites (tertiary alicyclic amines) is 2. The first-order valence-corrected chi connectivity index (χ1v) is 31.4. The number of hydrogen-bond donors (Lipinski definition) is 7. The smallest absolute Gasteiger partial charge is 0.317 e. The predicted octanol–water partition coefficient (Wildman–Crippen LogP) is 1.65. The van der Waals surface area contributed by atoms with Gasteiger partial charge in [0, 0.05) is 100.0 Å². The van der Waals surface area contributed by atoms with Gasteiger partial charge >= 0.3 is 23.9 Å². The van der Waals surface area contributed by atoms with E-state index in [1.165, 1.54) is 12.3 Å². The summed E-state index contributed by atoms with van der Waals surface area (Å²) in [6.07, 6.45) is 4.34. The molecule has 6 amide bonds. The van der Waals surface area contributed by atoms with Crippen LogP contribution < -0.4 is 26.0 Å². The molecule has 6 rings (SSSR count). The number of alkyl halides is 2. The van der Waals surface area contributed by atoms with Gasteiger partial charge in [0.05, 0.1) is 76.6 Å². The molecule has 3 aliphatic rings. The molecule has 3 saturated heterocycles. The summed E-state index contributed by atoms with van der Waals surface area (Å²) < 4.78 is 40.0. The Morgan fingerprint density at radius 3 is 1.93 bits per heavy atom. The van der Waals surface area contributed by atoms with E-state index in [-0.39, 0.29) is 122 Å². The summed E-state index contributed by atoms with van der Waals surface area (Å²) in [7, 11) is 1.15. The van der Waals surface area contributed by atoms with Gasteiger partial charge < -0.3 is 55.9 Å². The van der Waals surface area contributed by atoms with Crippen LogP contribution in [-0.2, 0) is 54.3 Å². The molecule has 91 heavy (non-hydrogen) atoms. The summed E-state index contributed by atoms with van der Waals surface area (Å²) >= 11 is 2.22. The zero-order chi connectivity index (χ0) is 66.0. The SMILES string of the molecule is COC(=O)C[C@H](NC(=O)[C@H](CCCNC(=O)CCCc1ccc(I)cc1)NC(=O)CN1CCN(CC(=O)O)CCN(CC(=O)O)CCN(CC(=O)O)CC1)C(=O)N1CCC(CCCOc2ccc3nccc(C(=O)NCC(=O)N4CC(F)(F)C[C@@H]4C#N)c3c2)CC1. The highest BCUT2D eigenvalue weighted by Crippen LogP contribution is 2.32. The Kier molecular flexibility index (Phi) is 28.9. The van der Waals surface area contributed by atoms with E-state index in [0.717, 1.165) is 27.6 Å². The Balaban J connectivity index is 1.06. The van der Waals surface area contributed by atoms with Crippen LogP contribution in [0.15, 0.2) is 54.7 Å². The van der Waals surface area contributed by atoms with Crippen LogP contribution in [0.3, 0.4) is 0 Å². The van der Waals surface area contributed by atoms with Gasteiger partial charge in [-0.1, -0.05) is 12.1 Å². The first-order chi connectivity index (χ1) is 43.5. The summed E-state index contributed by atoms with van der Waals surface area (Å²) in [5.41, 5.74) is 1.72. The number of carbonyl (C=O) groups is 10. The van der Waals surface area contributed by atoms with Crippen molar-refractivity contribution in [3.05, 3.63) is 69.4 Å². The minimum absolute atomic E-state index is 0.0140. The number of rotatable bonds is 30. The van der Waals surface area contributed by atoms with Crippen LogP contribution in [0.1, 0.15) is 80.1 Å². The number of halogens is 3. The average molecular weight is 1390 g/mol. The van der Waals surface area contributed by atoms with Gasteiger partial charge in [-0.3, -0.25) is 72.5 Å². The molecule has 2 aromatic carbocycles. The van der Waals surface area contributed by atoms with Gasteiger partial charge in [0.15, 0.2) is 0 Å². The van der Waals surface area contributed by atoms with Gasteiger partial charge in [-0.2, -0.15) is 5.26 Å². The molecular weight excluding hydrogens is 1310 g/mol. The van der Waals surface area contributed by atoms with E-state index in [9.17, 15) is 77.3 Å². The van der Waals surface area contributed by atoms with Crippen molar-refractivity contribution in [2.24, 2.45) is 5.92 Å². The lowest BCUT2D eigenvalue weighted by Gasteiger charge is -2.34. The van der Waals surface area contributed by atoms with Crippen LogP contribution >= 0.6 is 22.6 Å². The number of nitrogens with one attached hydrogen (secondary N) is 4. The molecule has 3 aromatic rings. The molecule has 27 nitrogen and oxygen atoms in total. The van der Waals surface area contributed by atoms with Gasteiger partial charge in [0.2, 0.25) is 29.5 Å². The van der Waals surface area contributed by atoms with Gasteiger partial charge in [-0.25, -0.2) is 8.78 Å². The van der Waals surface area contributed by atoms with Crippen LogP contribution in [-0.4, -0.2) is 258 Å². The number of pyridine rings is 1. The lowest BCUT2D eigenvalue weighted by Crippen LogP contribution is -2.57. The quantitative estimate of drug-likeness (QED) is 0.0283. The van der Waals surface area contributed by atoms with E-state index in [2.05, 4.69) is 48.8 Å². The van der Waals surface area contributed by atoms with Crippen molar-refractivity contribution in [1.82, 2.24) is 55.7 Å². The highest BCUT2D eigenvalue weighted by molar-refractivity contribution is 14.1. The molecular formula is C61H81F2IN12O15. The lowest BCUT2D eigenvalue weighted by atomic mass is 9.92. The van der Waals surface area contributed by atoms with E-state index in [1.807, 2.05) is 24.3 Å². The minimum atomic E-state index is -3.21. The molecule has 496 valence electrons. The molecule has 0 spiro atoms. The monoisotopic (exact) mass is 1390 g/mol. The molecule has 0 unspecified atom stereocenters. The molecule has 3 atom stereocenters. The van der Waals surface area contributed by atoms with Crippen molar-refractivity contribution in [2.45, 2.75) is 94.7 Å². The predicted molar refractivity (Wildman–Crippen MR) is 332 cm³/mol. The molecule has 0 aliphatic carbocycles. The zero-order valence-corrected chi connectivity index (χ0v) is 53.1. The van der Waals surface area contributed by atoms with E-state index >= 15 is 0 Å². The molecule has 3 aliphatic heterocycles. The number of aryl methyl sites for hydroxylation is 1. The number of fused-ring (bicyclic) bond motifs is 1. The van der Waals surface area contributed by atoms with Crippen molar-refractivity contribution in [2.75, 3.05) is 125 Å². The number of carboxylic acid groups (broad SMARTS) is 3. The first kappa shape index (κ1) is 72.3. The maximum absolute atomic E-state index is 14.5. The molecule has 0 bridgehead atoms. The summed E-state index contributed by atoms with van der Waals surface area (Å²) in [6, 6.07) is 12.2. The van der Waals surface area contributed by atoms with Gasteiger partial charge in [0.25, 0.3) is 11.8 Å². The standard InChI is InChI=1S/C61H81F2IN12O15/c1-90-57(86)32-50(60(89)75-20-16-42(17-21-75)6-4-30-91-45-13-14-48-47(31-45)46(15-19-66-48)58(87)68-35-53(79)76-40-61(62,63)33-44(76)34-65)70-59(88)49(7-3-18-67-51(77)8-2-5-41-9-11-43(64)12-10-41)69-52(78)36-71-22-24-72(37-54(80)81)26-28-74(39-56(84)85)29-27-73(25-23-71)38-55(82)83/h9-15,19,31,42,44,49-50H,2-8,16-18,20-30,32-33,35-40H2,1H3,(H,67,77)(H,68,87)(H,69,78)(H,70,88)(H,80,81)(H,82,83)(H,84,85)/t44-,49+,50+/m1/s1. The number of aliphatic carboxylic acids is 3. The van der Waals surface area contributed by atoms with Crippen LogP contribution in [0.4, 0.5) is 8.78 Å². The number of carboxylic acids is 3. The van der Waals surface area contributed by atoms with Crippen molar-refractivity contribution in [3.63, 3.8) is 0 Å². The summed E-state index contributed by atoms with van der Waals surface area (Å²) in [5, 5.41) is 49.5. The number of esters is 1. The number of methoxy groups -OCH3 is 1. The number of ether oxygens (including phenoxy) is 2. The Bertz CT molecular complexity index is 3030. The van der Waals surface area contributed by atoms with Crippen molar-refractivity contribution >= 4 is 92.8 Å². The number of piperidine rings is 1. The topological polar surface area (TPSA) is 354 Å². The number of carbonyl (C=O) groups excluding carboxylic acids is 7. The molecule has 3 fully saturated rings. The number of aromatic nitrogens is 1. The maximum atomic E-state index is 14.5. The van der Waals surface area contributed by atoms with E-state index in [0.29, 0.717) is 68.5 Å². The third-order valence-corrected chi connectivity index (χ3v) is 16.8. The second kappa shape index (κ2) is 36.3. The maximum Gasteiger partial charge on any atom is 0.317 e. The minimum Gasteiger partial charge on any atom is -0.494 e. The second-order valence-electron chi connectivity index (χ2n) is 22.9. The van der Waals surface area contributed by atoms with Crippen molar-refractivity contribution < 1.29 is 81.5 Å². The van der Waals surface area contributed by atoms with Gasteiger partial charge in [0.1, 0.15) is 23.9 Å². The van der Waals surface area contributed by atoms with Gasteiger partial charge in [-0.05, 0) is 122 Å². The number of nitriles is 1. The van der Waals surface area contributed by atoms with E-state index in [1.54, 1.807) is 48.8 Å². The fourth-order valence-corrected chi connectivity index (χ4v) is 11.5. The lowest BCUT2D eigenvalue weighted by molar-refractivity contribution is -0.147. The normalized spacial score (nSPS) is 17.9. The number of amides is 6. The number of benzene rings is 2. The molecule has 7 N–H and O–H groups in total. The number of hydrogen-bond acceptors (Lipinski definition) is 18. The van der Waals surface area contributed by atoms with E-state index < -0.39 is 103 Å². The van der Waals surface area contributed by atoms with Gasteiger partial charge in [-0.15, -0.1) is 0 Å². The van der Waals surface area contributed by atoms with Crippen LogP contribution in [0, 0.1) is 20.8 Å². The highest BCUT2D eigenvalue weighted by Gasteiger charge is 2.47. The largest absolute Gasteiger partial charge is 0.494 e. The van der Waals surface area contributed by atoms with Crippen LogP contribution in [0.25, 0.3) is 10.9 Å². The van der Waals surface area contributed by atoms with Crippen LogP contribution in [0.2, 0.25) is 0 Å². The fraction of sp³-hybridized carbons (Fsp3) is 0.574. The Labute approximate surface area is 539 Å². The molecule has 1 aromatic heterocycles. The third kappa shape index (κ3) is 24.8. The zero-order valence-electron chi connectivity index (χ0n) is 51.0. The molecule has 0 saturated carbocycles. The summed E-state index contributed by atoms with van der Waals surface area (Å²) in [4.78, 5) is 143. The first-order valence-electron chi connectivity index (χ1n) is 30.4. The summed E-state index contributed by atoms with van der Waals surface area (Å²) in [5.74, 6) is -10.4. The van der Waals surface area contributed by atoms with Crippen molar-refractivity contribution in [3.8, 4) is 11.8 Å². The average Bonchev–Trinajstić information content (AvgIpc) is 1.55. The van der Waals surface area contributed by atoms with Crippen molar-refractivity contribution in [1.29, 1.82) is 5.26 Å². The number of nitrogens with zero attached hydrogens (tertiary/aromatic N) is 8. The van der Waals surface area contributed by atoms with Crippen LogP contribution in [0.5, 0.6) is 5.75 Å². The molecule has 30 heteroatoms. The summed E-state index contributed by atoms with van der Waals surface area (Å²) in [6.45, 7) is -0.747. The fourth-order valence-electron chi connectivity index (χ4n) is 11.1. The molecule has 4 heterocycles. The Hall–Kier alpha value is -7.73.